The van der Waals surface area contributed by atoms with Crippen LogP contribution in [0.25, 0.3) is 0 Å². The van der Waals surface area contributed by atoms with Crippen molar-refractivity contribution in [2.45, 2.75) is 33.4 Å². The summed E-state index contributed by atoms with van der Waals surface area (Å²) in [4.78, 5) is 0. The average molecular weight is 396 g/mol. The molecular weight excluding hydrogens is 374 g/mol. The molecule has 0 spiro atoms. The van der Waals surface area contributed by atoms with Gasteiger partial charge in [0.25, 0.3) is 0 Å². The molecule has 1 aliphatic carbocycles. The molecule has 0 aromatic heterocycles. The predicted octanol–water partition coefficient (Wildman–Crippen LogP) is -5.06. The summed E-state index contributed by atoms with van der Waals surface area (Å²) in [6.07, 6.45) is 2.52. The third-order valence-corrected chi connectivity index (χ3v) is 10.4. The Bertz CT molecular complexity index is 514. The fourth-order valence-electron chi connectivity index (χ4n) is 2.90. The maximum Gasteiger partial charge on any atom is -1.00 e. The monoisotopic (exact) mass is 394 g/mol. The van der Waals surface area contributed by atoms with Crippen LogP contribution in [0.2, 0.25) is 12.6 Å². The maximum absolute atomic E-state index is 2.52. The van der Waals surface area contributed by atoms with Gasteiger partial charge in [-0.2, -0.15) is 0 Å². The van der Waals surface area contributed by atoms with E-state index < -0.39 is 8.07 Å². The van der Waals surface area contributed by atoms with Gasteiger partial charge in [0.2, 0.25) is 0 Å². The molecule has 2 rings (SSSR count). The molecule has 0 N–H and O–H groups in total. The summed E-state index contributed by atoms with van der Waals surface area (Å²) in [5, 5.41) is 3.24. The van der Waals surface area contributed by atoms with E-state index in [1.54, 1.807) is 19.8 Å². The van der Waals surface area contributed by atoms with E-state index >= 15 is 0 Å². The van der Waals surface area contributed by atoms with Gasteiger partial charge in [0.1, 0.15) is 0 Å². The van der Waals surface area contributed by atoms with Crippen LogP contribution in [0.4, 0.5) is 0 Å². The number of hydrogen-bond acceptors (Lipinski definition) is 0. The van der Waals surface area contributed by atoms with Crippen molar-refractivity contribution in [3.63, 3.8) is 0 Å². The van der Waals surface area contributed by atoms with Crippen LogP contribution in [0.3, 0.4) is 0 Å². The first-order chi connectivity index (χ1) is 8.50. The zero-order valence-corrected chi connectivity index (χ0v) is 17.7. The Morgan fingerprint density at radius 1 is 1.10 bits per heavy atom. The van der Waals surface area contributed by atoms with E-state index in [-0.39, 0.29) is 37.2 Å². The predicted molar refractivity (Wildman–Crippen MR) is 78.1 cm³/mol. The van der Waals surface area contributed by atoms with Crippen LogP contribution < -0.4 is 42.4 Å². The number of halogens is 3. The molecule has 0 nitrogen and oxygen atoms in total. The van der Waals surface area contributed by atoms with Gasteiger partial charge in [0, 0.05) is 0 Å². The maximum atomic E-state index is 2.52. The standard InChI is InChI=1S/C16H21Si.3ClH.Ti/c1-5-17(4,15-9-7-6-8-10-15)16-12-13(2)11-14(16)3;;;;/h6-10,12-13H,5H2,1-4H3;3*1H;/q;;;;+3/p-3. The molecule has 0 heterocycles. The molecule has 0 aliphatic heterocycles. The van der Waals surface area contributed by atoms with Crippen molar-refractivity contribution in [3.05, 3.63) is 51.1 Å². The smallest absolute Gasteiger partial charge is 1.00 e. The number of allylic oxidation sites excluding steroid dienone is 4. The molecular formula is C16H21Cl3SiTi. The number of rotatable bonds is 3. The molecule has 0 amide bonds. The van der Waals surface area contributed by atoms with E-state index in [0.29, 0.717) is 5.92 Å². The molecule has 2 atom stereocenters. The topological polar surface area (TPSA) is 0 Å². The molecule has 1 aromatic carbocycles. The third kappa shape index (κ3) is 4.50. The van der Waals surface area contributed by atoms with E-state index in [9.17, 15) is 0 Å². The van der Waals surface area contributed by atoms with Crippen LogP contribution in [0.15, 0.2) is 51.1 Å². The van der Waals surface area contributed by atoms with Crippen LogP contribution in [0.5, 0.6) is 0 Å². The van der Waals surface area contributed by atoms with Crippen molar-refractivity contribution >= 4 is 13.3 Å². The van der Waals surface area contributed by atoms with Gasteiger partial charge < -0.3 is 37.2 Å². The van der Waals surface area contributed by atoms with Crippen LogP contribution in [0.1, 0.15) is 20.8 Å². The van der Waals surface area contributed by atoms with Crippen molar-refractivity contribution in [3.8, 4) is 0 Å². The molecule has 0 fully saturated rings. The first kappa shape index (κ1) is 23.8. The minimum Gasteiger partial charge on any atom is -1.00 e. The average Bonchev–Trinajstić information content (AvgIpc) is 2.67. The number of hydrogen-bond donors (Lipinski definition) is 0. The zero-order chi connectivity index (χ0) is 13.3. The Kier molecular flexibility index (Phi) is 10.9. The van der Waals surface area contributed by atoms with Gasteiger partial charge in [-0.15, -0.1) is 0 Å². The van der Waals surface area contributed by atoms with Crippen molar-refractivity contribution < 1.29 is 57.7 Å². The molecule has 0 saturated carbocycles. The fourth-order valence-corrected chi connectivity index (χ4v) is 7.04. The van der Waals surface area contributed by atoms with E-state index in [2.05, 4.69) is 84.2 Å². The van der Waals surface area contributed by atoms with Crippen molar-refractivity contribution in [1.82, 2.24) is 0 Å². The summed E-state index contributed by atoms with van der Waals surface area (Å²) in [5.74, 6) is 0.627. The van der Waals surface area contributed by atoms with E-state index in [4.69, 9.17) is 0 Å². The first-order valence-electron chi connectivity index (χ1n) is 6.71. The molecule has 0 radical (unpaired) electrons. The van der Waals surface area contributed by atoms with Crippen molar-refractivity contribution in [2.75, 3.05) is 0 Å². The Balaban J connectivity index is 0. The van der Waals surface area contributed by atoms with Crippen LogP contribution in [-0.2, 0) is 20.4 Å². The Labute approximate surface area is 160 Å². The SMILES string of the molecule is CC[Si](C)(C1=CC(C)[C]([Ti+3])=C1C)c1ccccc1.[Cl-].[Cl-].[Cl-]. The minimum absolute atomic E-state index is 0. The molecule has 0 saturated heterocycles. The second-order valence-electron chi connectivity index (χ2n) is 5.46. The van der Waals surface area contributed by atoms with Crippen molar-refractivity contribution in [2.24, 2.45) is 5.92 Å². The van der Waals surface area contributed by atoms with Crippen molar-refractivity contribution in [1.29, 1.82) is 0 Å². The second kappa shape index (κ2) is 9.60. The van der Waals surface area contributed by atoms with Crippen LogP contribution in [0, 0.1) is 5.92 Å². The van der Waals surface area contributed by atoms with Gasteiger partial charge >= 0.3 is 124 Å². The summed E-state index contributed by atoms with van der Waals surface area (Å²) in [6, 6.07) is 12.4. The van der Waals surface area contributed by atoms with E-state index in [0.717, 1.165) is 0 Å². The van der Waals surface area contributed by atoms with Gasteiger partial charge in [0.15, 0.2) is 0 Å². The van der Waals surface area contributed by atoms with Gasteiger partial charge in [-0.3, -0.25) is 0 Å². The zero-order valence-electron chi connectivity index (χ0n) is 12.9. The Hall–Kier alpha value is 0.501. The molecule has 1 aliphatic rings. The summed E-state index contributed by atoms with van der Waals surface area (Å²) in [6.45, 7) is 9.50. The van der Waals surface area contributed by atoms with Crippen LogP contribution in [-0.4, -0.2) is 8.07 Å². The van der Waals surface area contributed by atoms with Gasteiger partial charge in [0.05, 0.1) is 0 Å². The summed E-state index contributed by atoms with van der Waals surface area (Å²) < 4.78 is 1.56. The minimum atomic E-state index is -1.51. The molecule has 114 valence electrons. The van der Waals surface area contributed by atoms with Gasteiger partial charge in [-0.25, -0.2) is 0 Å². The quantitative estimate of drug-likeness (QED) is 0.450. The van der Waals surface area contributed by atoms with Crippen LogP contribution >= 0.6 is 0 Å². The Morgan fingerprint density at radius 3 is 2.00 bits per heavy atom. The molecule has 21 heavy (non-hydrogen) atoms. The first-order valence-corrected chi connectivity index (χ1v) is 10.2. The summed E-state index contributed by atoms with van der Waals surface area (Å²) >= 11 is 2.29. The van der Waals surface area contributed by atoms with Gasteiger partial charge in [-0.05, 0) is 0 Å². The molecule has 5 heteroatoms. The third-order valence-electron chi connectivity index (χ3n) is 4.39. The second-order valence-corrected chi connectivity index (χ2v) is 10.8. The van der Waals surface area contributed by atoms with E-state index in [1.807, 2.05) is 0 Å². The van der Waals surface area contributed by atoms with E-state index in [1.165, 1.54) is 6.04 Å². The normalized spacial score (nSPS) is 19.7. The Morgan fingerprint density at radius 2 is 1.62 bits per heavy atom. The molecule has 1 aromatic rings. The largest absolute Gasteiger partial charge is 1.00 e. The molecule has 2 unspecified atom stereocenters. The summed E-state index contributed by atoms with van der Waals surface area (Å²) in [7, 11) is -1.51. The fraction of sp³-hybridized carbons (Fsp3) is 0.375. The molecule has 0 bridgehead atoms. The summed E-state index contributed by atoms with van der Waals surface area (Å²) in [5.41, 5.74) is 1.56. The van der Waals surface area contributed by atoms with Gasteiger partial charge in [-0.1, -0.05) is 0 Å². The number of benzene rings is 1.